The Hall–Kier alpha value is -1.17. The van der Waals surface area contributed by atoms with E-state index < -0.39 is 5.82 Å². The Labute approximate surface area is 129 Å². The lowest BCUT2D eigenvalue weighted by Crippen LogP contribution is -2.52. The number of hydrogen-bond acceptors (Lipinski definition) is 3. The zero-order chi connectivity index (χ0) is 15.6. The van der Waals surface area contributed by atoms with Crippen molar-refractivity contribution in [2.45, 2.75) is 39.0 Å². The molecule has 1 N–H and O–H groups in total. The molecule has 0 aromatic heterocycles. The molecule has 1 amide bonds. The standard InChI is InChI=1S/C15H20ClFN2O2/c1-9-7-19(8-10(2)21-9)11(3)15(20)18-14-5-4-12(17)6-13(14)16/h4-6,9-11H,7-8H2,1-3H3,(H,18,20). The van der Waals surface area contributed by atoms with Crippen molar-refractivity contribution in [1.29, 1.82) is 0 Å². The van der Waals surface area contributed by atoms with Crippen molar-refractivity contribution in [3.63, 3.8) is 0 Å². The van der Waals surface area contributed by atoms with Crippen LogP contribution in [-0.4, -0.2) is 42.1 Å². The minimum atomic E-state index is -0.429. The van der Waals surface area contributed by atoms with Crippen molar-refractivity contribution >= 4 is 23.2 Å². The molecule has 1 heterocycles. The molecule has 3 unspecified atom stereocenters. The number of anilines is 1. The van der Waals surface area contributed by atoms with Gasteiger partial charge in [-0.25, -0.2) is 4.39 Å². The predicted octanol–water partition coefficient (Wildman–Crippen LogP) is 2.92. The van der Waals surface area contributed by atoms with Gasteiger partial charge in [0.2, 0.25) is 5.91 Å². The number of carbonyl (C=O) groups excluding carboxylic acids is 1. The molecule has 0 aliphatic carbocycles. The third-order valence-electron chi connectivity index (χ3n) is 3.56. The summed E-state index contributed by atoms with van der Waals surface area (Å²) in [6.07, 6.45) is 0.191. The third-order valence-corrected chi connectivity index (χ3v) is 3.88. The fourth-order valence-electron chi connectivity index (χ4n) is 2.53. The average Bonchev–Trinajstić information content (AvgIpc) is 2.40. The number of morpholine rings is 1. The molecule has 1 aliphatic rings. The van der Waals surface area contributed by atoms with Crippen LogP contribution in [0.3, 0.4) is 0 Å². The molecule has 3 atom stereocenters. The number of hydrogen-bond donors (Lipinski definition) is 1. The number of benzene rings is 1. The van der Waals surface area contributed by atoms with Crippen molar-refractivity contribution in [3.8, 4) is 0 Å². The number of carbonyl (C=O) groups is 1. The van der Waals surface area contributed by atoms with Gasteiger partial charge in [-0.15, -0.1) is 0 Å². The molecular formula is C15H20ClFN2O2. The minimum Gasteiger partial charge on any atom is -0.373 e. The van der Waals surface area contributed by atoms with E-state index >= 15 is 0 Å². The van der Waals surface area contributed by atoms with Gasteiger partial charge >= 0.3 is 0 Å². The highest BCUT2D eigenvalue weighted by Gasteiger charge is 2.29. The summed E-state index contributed by atoms with van der Waals surface area (Å²) in [5.74, 6) is -0.591. The van der Waals surface area contributed by atoms with Crippen LogP contribution in [-0.2, 0) is 9.53 Å². The molecule has 21 heavy (non-hydrogen) atoms. The summed E-state index contributed by atoms with van der Waals surface area (Å²) in [7, 11) is 0. The largest absolute Gasteiger partial charge is 0.373 e. The van der Waals surface area contributed by atoms with Crippen LogP contribution >= 0.6 is 11.6 Å². The second-order valence-corrected chi connectivity index (χ2v) is 5.91. The van der Waals surface area contributed by atoms with Crippen LogP contribution < -0.4 is 5.32 Å². The summed E-state index contributed by atoms with van der Waals surface area (Å²) < 4.78 is 18.7. The third kappa shape index (κ3) is 4.15. The maximum atomic E-state index is 13.0. The Morgan fingerprint density at radius 3 is 2.62 bits per heavy atom. The first-order valence-corrected chi connectivity index (χ1v) is 7.40. The van der Waals surface area contributed by atoms with Gasteiger partial charge in [0.1, 0.15) is 5.82 Å². The average molecular weight is 315 g/mol. The number of nitrogens with one attached hydrogen (secondary N) is 1. The van der Waals surface area contributed by atoms with Gasteiger partial charge in [0.05, 0.1) is 29.0 Å². The van der Waals surface area contributed by atoms with Gasteiger partial charge in [0, 0.05) is 13.1 Å². The molecule has 2 rings (SSSR count). The van der Waals surface area contributed by atoms with Crippen LogP contribution in [0.2, 0.25) is 5.02 Å². The Kier molecular flexibility index (Phi) is 5.19. The Morgan fingerprint density at radius 2 is 2.05 bits per heavy atom. The predicted molar refractivity (Wildman–Crippen MR) is 81.1 cm³/mol. The molecule has 116 valence electrons. The highest BCUT2D eigenvalue weighted by Crippen LogP contribution is 2.23. The van der Waals surface area contributed by atoms with E-state index in [-0.39, 0.29) is 29.2 Å². The second kappa shape index (κ2) is 6.73. The SMILES string of the molecule is CC1CN(C(C)C(=O)Nc2ccc(F)cc2Cl)CC(C)O1. The maximum absolute atomic E-state index is 13.0. The summed E-state index contributed by atoms with van der Waals surface area (Å²) in [6, 6.07) is 3.61. The molecule has 0 spiro atoms. The zero-order valence-corrected chi connectivity index (χ0v) is 13.2. The van der Waals surface area contributed by atoms with Crippen LogP contribution in [0.15, 0.2) is 18.2 Å². The van der Waals surface area contributed by atoms with E-state index in [0.29, 0.717) is 18.8 Å². The molecular weight excluding hydrogens is 295 g/mol. The summed E-state index contributed by atoms with van der Waals surface area (Å²) in [4.78, 5) is 14.4. The molecule has 1 fully saturated rings. The first-order chi connectivity index (χ1) is 9.86. The van der Waals surface area contributed by atoms with Gasteiger partial charge in [-0.1, -0.05) is 11.6 Å². The molecule has 0 saturated carbocycles. The van der Waals surface area contributed by atoms with Gasteiger partial charge in [-0.2, -0.15) is 0 Å². The number of rotatable bonds is 3. The summed E-state index contributed by atoms with van der Waals surface area (Å²) in [6.45, 7) is 7.23. The number of amides is 1. The lowest BCUT2D eigenvalue weighted by molar-refractivity contribution is -0.126. The lowest BCUT2D eigenvalue weighted by atomic mass is 10.1. The van der Waals surface area contributed by atoms with Crippen molar-refractivity contribution in [1.82, 2.24) is 4.90 Å². The van der Waals surface area contributed by atoms with E-state index in [4.69, 9.17) is 16.3 Å². The zero-order valence-electron chi connectivity index (χ0n) is 12.4. The van der Waals surface area contributed by atoms with Crippen molar-refractivity contribution in [2.75, 3.05) is 18.4 Å². The van der Waals surface area contributed by atoms with E-state index in [1.807, 2.05) is 20.8 Å². The van der Waals surface area contributed by atoms with E-state index in [1.54, 1.807) is 0 Å². The van der Waals surface area contributed by atoms with Crippen LogP contribution in [0, 0.1) is 5.82 Å². The van der Waals surface area contributed by atoms with Gasteiger partial charge in [-0.05, 0) is 39.0 Å². The number of ether oxygens (including phenoxy) is 1. The summed E-state index contributed by atoms with van der Waals surface area (Å²) in [5.41, 5.74) is 0.421. The van der Waals surface area contributed by atoms with E-state index in [1.165, 1.54) is 18.2 Å². The molecule has 1 aromatic carbocycles. The second-order valence-electron chi connectivity index (χ2n) is 5.50. The van der Waals surface area contributed by atoms with Gasteiger partial charge in [0.15, 0.2) is 0 Å². The smallest absolute Gasteiger partial charge is 0.241 e. The van der Waals surface area contributed by atoms with E-state index in [0.717, 1.165) is 0 Å². The van der Waals surface area contributed by atoms with Crippen LogP contribution in [0.25, 0.3) is 0 Å². The molecule has 0 bridgehead atoms. The quantitative estimate of drug-likeness (QED) is 0.932. The summed E-state index contributed by atoms with van der Waals surface area (Å²) in [5, 5.41) is 2.94. The Morgan fingerprint density at radius 1 is 1.43 bits per heavy atom. The topological polar surface area (TPSA) is 41.6 Å². The molecule has 1 saturated heterocycles. The van der Waals surface area contributed by atoms with Crippen LogP contribution in [0.5, 0.6) is 0 Å². The van der Waals surface area contributed by atoms with E-state index in [2.05, 4.69) is 10.2 Å². The van der Waals surface area contributed by atoms with Gasteiger partial charge in [0.25, 0.3) is 0 Å². The molecule has 1 aliphatic heterocycles. The van der Waals surface area contributed by atoms with Gasteiger partial charge < -0.3 is 10.1 Å². The highest BCUT2D eigenvalue weighted by molar-refractivity contribution is 6.33. The highest BCUT2D eigenvalue weighted by atomic mass is 35.5. The van der Waals surface area contributed by atoms with Crippen molar-refractivity contribution in [3.05, 3.63) is 29.0 Å². The number of nitrogens with zero attached hydrogens (tertiary/aromatic N) is 1. The molecule has 0 radical (unpaired) electrons. The monoisotopic (exact) mass is 314 g/mol. The molecule has 6 heteroatoms. The fourth-order valence-corrected chi connectivity index (χ4v) is 2.74. The number of halogens is 2. The Balaban J connectivity index is 2.02. The Bertz CT molecular complexity index is 516. The lowest BCUT2D eigenvalue weighted by Gasteiger charge is -2.38. The fraction of sp³-hybridized carbons (Fsp3) is 0.533. The minimum absolute atomic E-state index is 0.0957. The van der Waals surface area contributed by atoms with E-state index in [9.17, 15) is 9.18 Å². The van der Waals surface area contributed by atoms with Gasteiger partial charge in [-0.3, -0.25) is 9.69 Å². The van der Waals surface area contributed by atoms with Crippen LogP contribution in [0.1, 0.15) is 20.8 Å². The normalized spacial score (nSPS) is 24.6. The molecule has 4 nitrogen and oxygen atoms in total. The van der Waals surface area contributed by atoms with Crippen molar-refractivity contribution in [2.24, 2.45) is 0 Å². The molecule has 1 aromatic rings. The van der Waals surface area contributed by atoms with Crippen LogP contribution in [0.4, 0.5) is 10.1 Å². The van der Waals surface area contributed by atoms with Crippen molar-refractivity contribution < 1.29 is 13.9 Å². The first-order valence-electron chi connectivity index (χ1n) is 7.02. The first kappa shape index (κ1) is 16.2. The maximum Gasteiger partial charge on any atom is 0.241 e. The summed E-state index contributed by atoms with van der Waals surface area (Å²) >= 11 is 5.92.